The smallest absolute Gasteiger partial charge is 0.213 e. The van der Waals surface area contributed by atoms with Gasteiger partial charge in [-0.2, -0.15) is 0 Å². The van der Waals surface area contributed by atoms with Crippen LogP contribution in [0.25, 0.3) is 0 Å². The molecule has 0 unspecified atom stereocenters. The Morgan fingerprint density at radius 1 is 1.45 bits per heavy atom. The van der Waals surface area contributed by atoms with E-state index in [1.807, 2.05) is 6.08 Å². The van der Waals surface area contributed by atoms with Crippen LogP contribution < -0.4 is 0 Å². The molecule has 0 saturated heterocycles. The van der Waals surface area contributed by atoms with Crippen molar-refractivity contribution in [3.63, 3.8) is 0 Å². The first-order valence-corrected chi connectivity index (χ1v) is 3.94. The van der Waals surface area contributed by atoms with Crippen LogP contribution >= 0.6 is 0 Å². The summed E-state index contributed by atoms with van der Waals surface area (Å²) >= 11 is 0. The number of rotatable bonds is 6. The highest BCUT2D eigenvalue weighted by atomic mass is 16.1. The summed E-state index contributed by atoms with van der Waals surface area (Å²) in [6.45, 7) is 3.74. The van der Waals surface area contributed by atoms with Crippen LogP contribution in [0.1, 0.15) is 25.7 Å². The molecule has 1 radical (unpaired) electrons. The molecule has 63 valence electrons. The molecule has 0 aliphatic carbocycles. The van der Waals surface area contributed by atoms with E-state index in [1.54, 1.807) is 13.2 Å². The molecule has 0 atom stereocenters. The molecule has 0 saturated carbocycles. The Labute approximate surface area is 68.9 Å². The molecular formula is C9H16NO. The van der Waals surface area contributed by atoms with Gasteiger partial charge in [0, 0.05) is 13.2 Å². The minimum Gasteiger partial charge on any atom is -0.325 e. The minimum absolute atomic E-state index is 0.790. The van der Waals surface area contributed by atoms with Crippen molar-refractivity contribution in [1.29, 1.82) is 0 Å². The van der Waals surface area contributed by atoms with Crippen LogP contribution in [0.5, 0.6) is 0 Å². The van der Waals surface area contributed by atoms with Gasteiger partial charge in [-0.25, -0.2) is 0 Å². The summed E-state index contributed by atoms with van der Waals surface area (Å²) in [6, 6.07) is 0. The van der Waals surface area contributed by atoms with Gasteiger partial charge in [0.05, 0.1) is 0 Å². The summed E-state index contributed by atoms with van der Waals surface area (Å²) in [7, 11) is 1.73. The normalized spacial score (nSPS) is 10.4. The van der Waals surface area contributed by atoms with Crippen LogP contribution in [0.2, 0.25) is 0 Å². The summed E-state index contributed by atoms with van der Waals surface area (Å²) < 4.78 is 0. The van der Waals surface area contributed by atoms with Crippen molar-refractivity contribution in [2.45, 2.75) is 25.7 Å². The molecule has 0 aliphatic heterocycles. The van der Waals surface area contributed by atoms with Crippen molar-refractivity contribution in [3.05, 3.63) is 19.2 Å². The number of allylic oxidation sites excluding steroid dienone is 1. The van der Waals surface area contributed by atoms with Gasteiger partial charge in [-0.1, -0.05) is 25.8 Å². The van der Waals surface area contributed by atoms with E-state index < -0.39 is 0 Å². The van der Waals surface area contributed by atoms with E-state index in [9.17, 15) is 4.79 Å². The third-order valence-electron chi connectivity index (χ3n) is 1.38. The molecule has 0 bridgehead atoms. The molecule has 0 rings (SSSR count). The fourth-order valence-electron chi connectivity index (χ4n) is 0.715. The number of carbonyl (C=O) groups excluding carboxylic acids is 1. The van der Waals surface area contributed by atoms with Gasteiger partial charge < -0.3 is 4.90 Å². The number of amides is 1. The van der Waals surface area contributed by atoms with Crippen molar-refractivity contribution < 1.29 is 4.79 Å². The number of unbranched alkanes of at least 4 members (excludes halogenated alkanes) is 3. The fourth-order valence-corrected chi connectivity index (χ4v) is 0.715. The van der Waals surface area contributed by atoms with Gasteiger partial charge in [0.25, 0.3) is 0 Å². The Morgan fingerprint density at radius 2 is 2.18 bits per heavy atom. The van der Waals surface area contributed by atoms with Gasteiger partial charge in [0.2, 0.25) is 6.41 Å². The van der Waals surface area contributed by atoms with Crippen molar-refractivity contribution in [2.75, 3.05) is 7.05 Å². The van der Waals surface area contributed by atoms with Crippen molar-refractivity contribution in [3.8, 4) is 0 Å². The number of hydrogen-bond acceptors (Lipinski definition) is 1. The molecule has 2 heteroatoms. The Kier molecular flexibility index (Phi) is 6.79. The van der Waals surface area contributed by atoms with E-state index in [2.05, 4.69) is 6.92 Å². The van der Waals surface area contributed by atoms with E-state index in [4.69, 9.17) is 0 Å². The average Bonchev–Trinajstić information content (AvgIpc) is 2.04. The predicted octanol–water partition coefficient (Wildman–Crippen LogP) is 1.98. The highest BCUT2D eigenvalue weighted by Crippen LogP contribution is 1.99. The minimum atomic E-state index is 0.790. The molecule has 0 heterocycles. The van der Waals surface area contributed by atoms with Crippen LogP contribution in [0.3, 0.4) is 0 Å². The molecule has 0 aromatic carbocycles. The largest absolute Gasteiger partial charge is 0.325 e. The Morgan fingerprint density at radius 3 is 2.73 bits per heavy atom. The standard InChI is InChI=1S/C9H16NO/c1-3-4-5-6-7-8-10(2)9-11/h7-9H,1,3-6H2,2H3. The molecule has 1 amide bonds. The van der Waals surface area contributed by atoms with E-state index >= 15 is 0 Å². The maximum Gasteiger partial charge on any atom is 0.213 e. The summed E-state index contributed by atoms with van der Waals surface area (Å²) in [5.41, 5.74) is 0. The average molecular weight is 154 g/mol. The van der Waals surface area contributed by atoms with E-state index in [-0.39, 0.29) is 0 Å². The zero-order chi connectivity index (χ0) is 8.53. The Hall–Kier alpha value is -0.790. The van der Waals surface area contributed by atoms with E-state index in [0.717, 1.165) is 32.1 Å². The van der Waals surface area contributed by atoms with Crippen LogP contribution in [0.15, 0.2) is 12.3 Å². The van der Waals surface area contributed by atoms with Gasteiger partial charge in [0.15, 0.2) is 0 Å². The first kappa shape index (κ1) is 10.2. The van der Waals surface area contributed by atoms with Gasteiger partial charge >= 0.3 is 0 Å². The van der Waals surface area contributed by atoms with Gasteiger partial charge in [0.1, 0.15) is 0 Å². The first-order valence-electron chi connectivity index (χ1n) is 3.94. The van der Waals surface area contributed by atoms with Crippen molar-refractivity contribution in [2.24, 2.45) is 0 Å². The molecule has 0 fully saturated rings. The van der Waals surface area contributed by atoms with Crippen LogP contribution in [0.4, 0.5) is 0 Å². The number of carbonyl (C=O) groups is 1. The highest BCUT2D eigenvalue weighted by Gasteiger charge is 1.83. The van der Waals surface area contributed by atoms with Gasteiger partial charge in [-0.15, -0.1) is 0 Å². The lowest BCUT2D eigenvalue weighted by molar-refractivity contribution is -0.115. The summed E-state index contributed by atoms with van der Waals surface area (Å²) in [4.78, 5) is 11.6. The Bertz CT molecular complexity index is 121. The van der Waals surface area contributed by atoms with E-state index in [0.29, 0.717) is 0 Å². The lowest BCUT2D eigenvalue weighted by Gasteiger charge is -2.00. The second-order valence-electron chi connectivity index (χ2n) is 2.50. The SMILES string of the molecule is [CH2]CCCCC=CN(C)C=O. The van der Waals surface area contributed by atoms with Crippen LogP contribution in [-0.4, -0.2) is 18.4 Å². The first-order chi connectivity index (χ1) is 5.31. The third kappa shape index (κ3) is 7.10. The second-order valence-corrected chi connectivity index (χ2v) is 2.50. The van der Waals surface area contributed by atoms with Gasteiger partial charge in [-0.3, -0.25) is 4.79 Å². The van der Waals surface area contributed by atoms with Crippen LogP contribution in [0, 0.1) is 6.92 Å². The lowest BCUT2D eigenvalue weighted by atomic mass is 10.2. The fraction of sp³-hybridized carbons (Fsp3) is 0.556. The zero-order valence-electron chi connectivity index (χ0n) is 7.12. The maximum atomic E-state index is 10.1. The summed E-state index contributed by atoms with van der Waals surface area (Å²) in [6.07, 6.45) is 8.94. The topological polar surface area (TPSA) is 20.3 Å². The molecule has 0 aromatic heterocycles. The van der Waals surface area contributed by atoms with Crippen molar-refractivity contribution >= 4 is 6.41 Å². The maximum absolute atomic E-state index is 10.1. The predicted molar refractivity (Wildman–Crippen MR) is 46.8 cm³/mol. The van der Waals surface area contributed by atoms with Gasteiger partial charge in [-0.05, 0) is 12.8 Å². The lowest BCUT2D eigenvalue weighted by Crippen LogP contribution is -2.05. The second kappa shape index (κ2) is 7.32. The summed E-state index contributed by atoms with van der Waals surface area (Å²) in [5.74, 6) is 0. The Balaban J connectivity index is 3.22. The molecule has 11 heavy (non-hydrogen) atoms. The molecule has 2 nitrogen and oxygen atoms in total. The van der Waals surface area contributed by atoms with Crippen molar-refractivity contribution in [1.82, 2.24) is 4.90 Å². The molecule has 0 aromatic rings. The zero-order valence-corrected chi connectivity index (χ0v) is 7.12. The number of hydrogen-bond donors (Lipinski definition) is 0. The quantitative estimate of drug-likeness (QED) is 0.423. The summed E-state index contributed by atoms with van der Waals surface area (Å²) in [5, 5.41) is 0. The molecular weight excluding hydrogens is 138 g/mol. The van der Waals surface area contributed by atoms with Crippen LogP contribution in [-0.2, 0) is 4.79 Å². The number of nitrogens with zero attached hydrogens (tertiary/aromatic N) is 1. The monoisotopic (exact) mass is 154 g/mol. The van der Waals surface area contributed by atoms with E-state index in [1.165, 1.54) is 4.90 Å². The molecule has 0 N–H and O–H groups in total. The molecule has 0 spiro atoms. The molecule has 0 aliphatic rings. The third-order valence-corrected chi connectivity index (χ3v) is 1.38. The highest BCUT2D eigenvalue weighted by molar-refractivity contribution is 5.48.